The summed E-state index contributed by atoms with van der Waals surface area (Å²) in [6.07, 6.45) is -0.451. The van der Waals surface area contributed by atoms with Crippen LogP contribution in [-0.4, -0.2) is 42.7 Å². The molecular weight excluding hydrogens is 354 g/mol. The predicted octanol–water partition coefficient (Wildman–Crippen LogP) is 1.67. The number of amides is 2. The third-order valence-corrected chi connectivity index (χ3v) is 4.28. The average molecular weight is 376 g/mol. The SMILES string of the molecule is Cl.O=C(Nc1ccccc1C(=O)NCC1CNCC1O)c1ccccc1. The number of rotatable bonds is 5. The Bertz CT molecular complexity index is 755. The van der Waals surface area contributed by atoms with E-state index >= 15 is 0 Å². The van der Waals surface area contributed by atoms with Crippen molar-refractivity contribution in [2.75, 3.05) is 25.0 Å². The first-order valence-corrected chi connectivity index (χ1v) is 8.27. The van der Waals surface area contributed by atoms with E-state index in [2.05, 4.69) is 16.0 Å². The first kappa shape index (κ1) is 19.9. The normalized spacial score (nSPS) is 18.7. The third-order valence-electron chi connectivity index (χ3n) is 4.28. The lowest BCUT2D eigenvalue weighted by Crippen LogP contribution is -2.34. The molecule has 0 radical (unpaired) electrons. The maximum Gasteiger partial charge on any atom is 0.255 e. The highest BCUT2D eigenvalue weighted by Gasteiger charge is 2.25. The van der Waals surface area contributed by atoms with E-state index in [9.17, 15) is 14.7 Å². The minimum Gasteiger partial charge on any atom is -0.391 e. The smallest absolute Gasteiger partial charge is 0.255 e. The second kappa shape index (κ2) is 9.33. The van der Waals surface area contributed by atoms with Crippen molar-refractivity contribution in [1.29, 1.82) is 0 Å². The molecule has 2 amide bonds. The number of anilines is 1. The summed E-state index contributed by atoms with van der Waals surface area (Å²) in [6.45, 7) is 1.60. The van der Waals surface area contributed by atoms with Crippen LogP contribution in [0, 0.1) is 5.92 Å². The molecule has 7 heteroatoms. The fourth-order valence-corrected chi connectivity index (χ4v) is 2.82. The minimum absolute atomic E-state index is 0. The highest BCUT2D eigenvalue weighted by molar-refractivity contribution is 6.08. The second-order valence-electron chi connectivity index (χ2n) is 6.06. The van der Waals surface area contributed by atoms with Crippen molar-refractivity contribution in [1.82, 2.24) is 10.6 Å². The van der Waals surface area contributed by atoms with E-state index < -0.39 is 6.10 Å². The van der Waals surface area contributed by atoms with Crippen molar-refractivity contribution in [3.8, 4) is 0 Å². The van der Waals surface area contributed by atoms with Gasteiger partial charge in [-0.1, -0.05) is 30.3 Å². The maximum atomic E-state index is 12.5. The van der Waals surface area contributed by atoms with Crippen molar-refractivity contribution in [3.63, 3.8) is 0 Å². The number of aliphatic hydroxyl groups is 1. The number of aliphatic hydroxyl groups excluding tert-OH is 1. The average Bonchev–Trinajstić information content (AvgIpc) is 3.06. The number of hydrogen-bond acceptors (Lipinski definition) is 4. The molecule has 1 saturated heterocycles. The van der Waals surface area contributed by atoms with Gasteiger partial charge in [-0.05, 0) is 24.3 Å². The Morgan fingerprint density at radius 2 is 1.69 bits per heavy atom. The van der Waals surface area contributed by atoms with Gasteiger partial charge in [0.15, 0.2) is 0 Å². The first-order valence-electron chi connectivity index (χ1n) is 8.27. The topological polar surface area (TPSA) is 90.5 Å². The van der Waals surface area contributed by atoms with Crippen molar-refractivity contribution >= 4 is 29.9 Å². The molecule has 2 aromatic rings. The van der Waals surface area contributed by atoms with Gasteiger partial charge in [-0.2, -0.15) is 0 Å². The summed E-state index contributed by atoms with van der Waals surface area (Å²) in [5.74, 6) is -0.547. The summed E-state index contributed by atoms with van der Waals surface area (Å²) in [7, 11) is 0. The maximum absolute atomic E-state index is 12.5. The molecule has 1 aliphatic rings. The molecule has 2 atom stereocenters. The van der Waals surface area contributed by atoms with E-state index in [0.717, 1.165) is 0 Å². The second-order valence-corrected chi connectivity index (χ2v) is 6.06. The number of β-amino-alcohol motifs (C(OH)–C–C–N with tert-alkyl or cyclic N) is 1. The van der Waals surface area contributed by atoms with Gasteiger partial charge in [0.1, 0.15) is 0 Å². The van der Waals surface area contributed by atoms with E-state index in [-0.39, 0.29) is 30.1 Å². The molecule has 0 saturated carbocycles. The monoisotopic (exact) mass is 375 g/mol. The van der Waals surface area contributed by atoms with Crippen LogP contribution in [0.1, 0.15) is 20.7 Å². The van der Waals surface area contributed by atoms with E-state index in [1.807, 2.05) is 6.07 Å². The van der Waals surface area contributed by atoms with Crippen LogP contribution < -0.4 is 16.0 Å². The van der Waals surface area contributed by atoms with Crippen LogP contribution in [0.3, 0.4) is 0 Å². The van der Waals surface area contributed by atoms with Crippen LogP contribution >= 0.6 is 12.4 Å². The van der Waals surface area contributed by atoms with Gasteiger partial charge in [0.25, 0.3) is 11.8 Å². The molecule has 2 unspecified atom stereocenters. The van der Waals surface area contributed by atoms with Crippen molar-refractivity contribution in [2.45, 2.75) is 6.10 Å². The summed E-state index contributed by atoms with van der Waals surface area (Å²) < 4.78 is 0. The molecule has 26 heavy (non-hydrogen) atoms. The van der Waals surface area contributed by atoms with Gasteiger partial charge >= 0.3 is 0 Å². The van der Waals surface area contributed by atoms with E-state index in [0.29, 0.717) is 36.4 Å². The van der Waals surface area contributed by atoms with Gasteiger partial charge in [-0.15, -0.1) is 12.4 Å². The highest BCUT2D eigenvalue weighted by Crippen LogP contribution is 2.17. The molecule has 1 fully saturated rings. The third kappa shape index (κ3) is 4.82. The number of halogens is 1. The molecule has 1 heterocycles. The summed E-state index contributed by atoms with van der Waals surface area (Å²) in [5, 5.41) is 18.5. The number of hydrogen-bond donors (Lipinski definition) is 4. The van der Waals surface area contributed by atoms with Gasteiger partial charge in [-0.3, -0.25) is 9.59 Å². The molecule has 3 rings (SSSR count). The summed E-state index contributed by atoms with van der Waals surface area (Å²) in [5.41, 5.74) is 1.38. The van der Waals surface area contributed by atoms with Gasteiger partial charge < -0.3 is 21.1 Å². The Labute approximate surface area is 158 Å². The highest BCUT2D eigenvalue weighted by atomic mass is 35.5. The Morgan fingerprint density at radius 3 is 2.38 bits per heavy atom. The summed E-state index contributed by atoms with van der Waals surface area (Å²) >= 11 is 0. The fourth-order valence-electron chi connectivity index (χ4n) is 2.82. The number of para-hydroxylation sites is 1. The van der Waals surface area contributed by atoms with E-state index in [4.69, 9.17) is 0 Å². The molecule has 0 bridgehead atoms. The van der Waals surface area contributed by atoms with Gasteiger partial charge in [0.2, 0.25) is 0 Å². The molecule has 2 aromatic carbocycles. The van der Waals surface area contributed by atoms with Crippen LogP contribution in [0.5, 0.6) is 0 Å². The molecule has 0 spiro atoms. The van der Waals surface area contributed by atoms with Gasteiger partial charge in [0.05, 0.1) is 17.4 Å². The molecule has 1 aliphatic heterocycles. The standard InChI is InChI=1S/C19H21N3O3.ClH/c23-17-12-20-10-14(17)11-21-19(25)15-8-4-5-9-16(15)22-18(24)13-6-2-1-3-7-13;/h1-9,14,17,20,23H,10-12H2,(H,21,25)(H,22,24);1H. The van der Waals surface area contributed by atoms with Crippen molar-refractivity contribution < 1.29 is 14.7 Å². The lowest BCUT2D eigenvalue weighted by Gasteiger charge is -2.15. The zero-order chi connectivity index (χ0) is 17.6. The van der Waals surface area contributed by atoms with Crippen LogP contribution in [0.4, 0.5) is 5.69 Å². The fraction of sp³-hybridized carbons (Fsp3) is 0.263. The Balaban J connectivity index is 0.00000243. The predicted molar refractivity (Wildman–Crippen MR) is 103 cm³/mol. The molecule has 0 aliphatic carbocycles. The zero-order valence-electron chi connectivity index (χ0n) is 14.1. The van der Waals surface area contributed by atoms with Crippen LogP contribution in [-0.2, 0) is 0 Å². The Kier molecular flexibility index (Phi) is 7.15. The molecule has 0 aromatic heterocycles. The lowest BCUT2D eigenvalue weighted by atomic mass is 10.1. The molecule has 138 valence electrons. The van der Waals surface area contributed by atoms with E-state index in [1.165, 1.54) is 0 Å². The first-order chi connectivity index (χ1) is 12.1. The van der Waals surface area contributed by atoms with Crippen LogP contribution in [0.2, 0.25) is 0 Å². The van der Waals surface area contributed by atoms with E-state index in [1.54, 1.807) is 48.5 Å². The number of carbonyl (C=O) groups is 2. The molecule has 4 N–H and O–H groups in total. The van der Waals surface area contributed by atoms with Crippen LogP contribution in [0.15, 0.2) is 54.6 Å². The van der Waals surface area contributed by atoms with Gasteiger partial charge in [-0.25, -0.2) is 0 Å². The lowest BCUT2D eigenvalue weighted by molar-refractivity contribution is 0.0928. The largest absolute Gasteiger partial charge is 0.391 e. The van der Waals surface area contributed by atoms with Gasteiger partial charge in [0, 0.05) is 31.1 Å². The molecular formula is C19H22ClN3O3. The summed E-state index contributed by atoms with van der Waals surface area (Å²) in [6, 6.07) is 15.7. The minimum atomic E-state index is -0.451. The zero-order valence-corrected chi connectivity index (χ0v) is 15.0. The van der Waals surface area contributed by atoms with Crippen LogP contribution in [0.25, 0.3) is 0 Å². The number of benzene rings is 2. The number of carbonyl (C=O) groups excluding carboxylic acids is 2. The van der Waals surface area contributed by atoms with Crippen molar-refractivity contribution in [2.24, 2.45) is 5.92 Å². The number of nitrogens with one attached hydrogen (secondary N) is 3. The quantitative estimate of drug-likeness (QED) is 0.640. The Morgan fingerprint density at radius 1 is 1.00 bits per heavy atom. The van der Waals surface area contributed by atoms with Crippen molar-refractivity contribution in [3.05, 3.63) is 65.7 Å². The Hall–Kier alpha value is -2.41. The molecule has 6 nitrogen and oxygen atoms in total. The summed E-state index contributed by atoms with van der Waals surface area (Å²) in [4.78, 5) is 24.8.